The predicted molar refractivity (Wildman–Crippen MR) is 69.8 cm³/mol. The van der Waals surface area contributed by atoms with E-state index in [-0.39, 0.29) is 19.1 Å². The van der Waals surface area contributed by atoms with E-state index in [1.807, 2.05) is 0 Å². The molecule has 0 saturated carbocycles. The fraction of sp³-hybridized carbons (Fsp3) is 0.571. The standard InChI is InChI=1S/C14H17F5N2/c1-2-21(7-8-5-3-4-6-20-8)14-12(18)10(16)9(15)11(17)13(14)19/h8,20H,2-7H2,1H3. The summed E-state index contributed by atoms with van der Waals surface area (Å²) in [5.41, 5.74) is -0.846. The van der Waals surface area contributed by atoms with Crippen LogP contribution in [0.1, 0.15) is 26.2 Å². The van der Waals surface area contributed by atoms with Crippen LogP contribution in [0.4, 0.5) is 27.6 Å². The number of nitrogens with one attached hydrogen (secondary N) is 1. The summed E-state index contributed by atoms with van der Waals surface area (Å²) in [6.07, 6.45) is 2.81. The van der Waals surface area contributed by atoms with E-state index in [0.29, 0.717) is 0 Å². The first-order valence-corrected chi connectivity index (χ1v) is 6.97. The number of anilines is 1. The molecule has 1 fully saturated rings. The zero-order chi connectivity index (χ0) is 15.6. The zero-order valence-corrected chi connectivity index (χ0v) is 11.7. The van der Waals surface area contributed by atoms with Gasteiger partial charge in [0, 0.05) is 19.1 Å². The SMILES string of the molecule is CCN(CC1CCCCN1)c1c(F)c(F)c(F)c(F)c1F. The molecule has 7 heteroatoms. The summed E-state index contributed by atoms with van der Waals surface area (Å²) in [5.74, 6) is -9.48. The van der Waals surface area contributed by atoms with Crippen molar-refractivity contribution in [1.82, 2.24) is 5.32 Å². The lowest BCUT2D eigenvalue weighted by Crippen LogP contribution is -2.44. The fourth-order valence-corrected chi connectivity index (χ4v) is 2.60. The van der Waals surface area contributed by atoms with Gasteiger partial charge in [-0.3, -0.25) is 0 Å². The molecule has 0 amide bonds. The van der Waals surface area contributed by atoms with Crippen LogP contribution < -0.4 is 10.2 Å². The Morgan fingerprint density at radius 2 is 1.52 bits per heavy atom. The number of rotatable bonds is 4. The molecule has 118 valence electrons. The number of likely N-dealkylation sites (N-methyl/N-ethyl adjacent to an activating group) is 1. The van der Waals surface area contributed by atoms with Crippen LogP contribution >= 0.6 is 0 Å². The number of hydrogen-bond donors (Lipinski definition) is 1. The summed E-state index contributed by atoms with van der Waals surface area (Å²) in [5, 5.41) is 3.19. The Hall–Kier alpha value is -1.37. The minimum absolute atomic E-state index is 0.0197. The average molecular weight is 308 g/mol. The topological polar surface area (TPSA) is 15.3 Å². The van der Waals surface area contributed by atoms with Crippen molar-refractivity contribution in [2.24, 2.45) is 0 Å². The second kappa shape index (κ2) is 6.60. The van der Waals surface area contributed by atoms with Gasteiger partial charge >= 0.3 is 0 Å². The predicted octanol–water partition coefficient (Wildman–Crippen LogP) is 3.35. The molecule has 0 radical (unpaired) electrons. The molecule has 1 aliphatic heterocycles. The van der Waals surface area contributed by atoms with E-state index < -0.39 is 34.8 Å². The molecule has 1 unspecified atom stereocenters. The van der Waals surface area contributed by atoms with Gasteiger partial charge in [0.25, 0.3) is 0 Å². The van der Waals surface area contributed by atoms with Gasteiger partial charge in [0.05, 0.1) is 0 Å². The highest BCUT2D eigenvalue weighted by Crippen LogP contribution is 2.30. The van der Waals surface area contributed by atoms with Crippen LogP contribution in [0.3, 0.4) is 0 Å². The highest BCUT2D eigenvalue weighted by Gasteiger charge is 2.29. The van der Waals surface area contributed by atoms with Gasteiger partial charge in [-0.2, -0.15) is 0 Å². The molecule has 1 aromatic rings. The van der Waals surface area contributed by atoms with Gasteiger partial charge in [0.1, 0.15) is 5.69 Å². The molecule has 1 aromatic carbocycles. The Morgan fingerprint density at radius 3 is 2.00 bits per heavy atom. The molecule has 1 N–H and O–H groups in total. The van der Waals surface area contributed by atoms with Crippen LogP contribution in [0.15, 0.2) is 0 Å². The molecule has 0 aliphatic carbocycles. The van der Waals surface area contributed by atoms with Crippen molar-refractivity contribution in [2.45, 2.75) is 32.2 Å². The summed E-state index contributed by atoms with van der Waals surface area (Å²) in [7, 11) is 0. The third-order valence-corrected chi connectivity index (χ3v) is 3.74. The van der Waals surface area contributed by atoms with Crippen molar-refractivity contribution in [3.05, 3.63) is 29.1 Å². The Bertz CT molecular complexity index is 486. The van der Waals surface area contributed by atoms with E-state index in [0.717, 1.165) is 25.8 Å². The summed E-state index contributed by atoms with van der Waals surface area (Å²) in [6.45, 7) is 2.76. The second-order valence-electron chi connectivity index (χ2n) is 5.10. The third-order valence-electron chi connectivity index (χ3n) is 3.74. The molecule has 1 saturated heterocycles. The number of benzene rings is 1. The van der Waals surface area contributed by atoms with Crippen molar-refractivity contribution < 1.29 is 22.0 Å². The monoisotopic (exact) mass is 308 g/mol. The van der Waals surface area contributed by atoms with Crippen molar-refractivity contribution in [3.63, 3.8) is 0 Å². The Balaban J connectivity index is 2.33. The molecular weight excluding hydrogens is 291 g/mol. The van der Waals surface area contributed by atoms with Gasteiger partial charge < -0.3 is 10.2 Å². The minimum atomic E-state index is -2.12. The zero-order valence-electron chi connectivity index (χ0n) is 11.7. The molecule has 21 heavy (non-hydrogen) atoms. The summed E-state index contributed by atoms with van der Waals surface area (Å²) >= 11 is 0. The summed E-state index contributed by atoms with van der Waals surface area (Å²) in [4.78, 5) is 1.19. The normalized spacial score (nSPS) is 18.9. The largest absolute Gasteiger partial charge is 0.365 e. The van der Waals surface area contributed by atoms with E-state index in [1.54, 1.807) is 6.92 Å². The van der Waals surface area contributed by atoms with Crippen LogP contribution in [0.2, 0.25) is 0 Å². The molecule has 2 nitrogen and oxygen atoms in total. The van der Waals surface area contributed by atoms with Gasteiger partial charge in [-0.15, -0.1) is 0 Å². The van der Waals surface area contributed by atoms with Gasteiger partial charge in [0.2, 0.25) is 5.82 Å². The molecule has 1 aliphatic rings. The maximum absolute atomic E-state index is 13.8. The van der Waals surface area contributed by atoms with E-state index in [4.69, 9.17) is 0 Å². The molecule has 0 bridgehead atoms. The van der Waals surface area contributed by atoms with Gasteiger partial charge in [-0.25, -0.2) is 22.0 Å². The lowest BCUT2D eigenvalue weighted by Gasteiger charge is -2.31. The first kappa shape index (κ1) is 16.0. The summed E-state index contributed by atoms with van der Waals surface area (Å²) in [6, 6.07) is -0.0197. The Labute approximate surface area is 119 Å². The van der Waals surface area contributed by atoms with Crippen LogP contribution in [-0.4, -0.2) is 25.7 Å². The van der Waals surface area contributed by atoms with E-state index in [1.165, 1.54) is 4.90 Å². The average Bonchev–Trinajstić information content (AvgIpc) is 2.51. The van der Waals surface area contributed by atoms with Crippen LogP contribution in [0.25, 0.3) is 0 Å². The summed E-state index contributed by atoms with van der Waals surface area (Å²) < 4.78 is 67.2. The molecule has 1 heterocycles. The van der Waals surface area contributed by atoms with Crippen molar-refractivity contribution >= 4 is 5.69 Å². The maximum atomic E-state index is 13.8. The molecule has 0 aromatic heterocycles. The van der Waals surface area contributed by atoms with Crippen molar-refractivity contribution in [3.8, 4) is 0 Å². The molecule has 0 spiro atoms. The van der Waals surface area contributed by atoms with E-state index >= 15 is 0 Å². The number of piperidine rings is 1. The number of hydrogen-bond acceptors (Lipinski definition) is 2. The van der Waals surface area contributed by atoms with E-state index in [9.17, 15) is 22.0 Å². The highest BCUT2D eigenvalue weighted by molar-refractivity contribution is 5.50. The molecule has 1 atom stereocenters. The Morgan fingerprint density at radius 1 is 0.952 bits per heavy atom. The fourth-order valence-electron chi connectivity index (χ4n) is 2.60. The quantitative estimate of drug-likeness (QED) is 0.521. The lowest BCUT2D eigenvalue weighted by molar-refractivity contribution is 0.371. The first-order valence-electron chi connectivity index (χ1n) is 6.97. The number of halogens is 5. The Kier molecular flexibility index (Phi) is 5.03. The molecular formula is C14H17F5N2. The van der Waals surface area contributed by atoms with Crippen molar-refractivity contribution in [1.29, 1.82) is 0 Å². The smallest absolute Gasteiger partial charge is 0.200 e. The van der Waals surface area contributed by atoms with Gasteiger partial charge in [-0.1, -0.05) is 6.42 Å². The molecule has 2 rings (SSSR count). The third kappa shape index (κ3) is 3.12. The second-order valence-corrected chi connectivity index (χ2v) is 5.10. The number of nitrogens with zero attached hydrogens (tertiary/aromatic N) is 1. The first-order chi connectivity index (χ1) is 9.97. The lowest BCUT2D eigenvalue weighted by atomic mass is 10.0. The van der Waals surface area contributed by atoms with E-state index in [2.05, 4.69) is 5.32 Å². The van der Waals surface area contributed by atoms with Gasteiger partial charge in [-0.05, 0) is 26.3 Å². The van der Waals surface area contributed by atoms with Gasteiger partial charge in [0.15, 0.2) is 23.3 Å². The van der Waals surface area contributed by atoms with Crippen LogP contribution in [0, 0.1) is 29.1 Å². The minimum Gasteiger partial charge on any atom is -0.365 e. The van der Waals surface area contributed by atoms with Crippen molar-refractivity contribution in [2.75, 3.05) is 24.5 Å². The van der Waals surface area contributed by atoms with Crippen LogP contribution in [-0.2, 0) is 0 Å². The van der Waals surface area contributed by atoms with Crippen LogP contribution in [0.5, 0.6) is 0 Å². The maximum Gasteiger partial charge on any atom is 0.200 e. The highest BCUT2D eigenvalue weighted by atomic mass is 19.2.